The summed E-state index contributed by atoms with van der Waals surface area (Å²) < 4.78 is 1.82. The van der Waals surface area contributed by atoms with E-state index in [0.29, 0.717) is 24.8 Å². The lowest BCUT2D eigenvalue weighted by Gasteiger charge is -2.24. The first-order valence-corrected chi connectivity index (χ1v) is 10.6. The summed E-state index contributed by atoms with van der Waals surface area (Å²) >= 11 is 13.0. The van der Waals surface area contributed by atoms with E-state index in [1.807, 2.05) is 6.07 Å². The molecule has 0 saturated carbocycles. The Labute approximate surface area is 190 Å². The average Bonchev–Trinajstić information content (AvgIpc) is 3.06. The number of primary amides is 1. The Morgan fingerprint density at radius 1 is 1.10 bits per heavy atom. The van der Waals surface area contributed by atoms with Crippen LogP contribution in [-0.4, -0.2) is 10.5 Å². The van der Waals surface area contributed by atoms with E-state index >= 15 is 0 Å². The number of rotatable bonds is 3. The highest BCUT2D eigenvalue weighted by Gasteiger charge is 2.34. The topological polar surface area (TPSA) is 115 Å². The molecule has 4 rings (SSSR count). The van der Waals surface area contributed by atoms with Crippen molar-refractivity contribution in [2.45, 2.75) is 5.92 Å². The van der Waals surface area contributed by atoms with Crippen molar-refractivity contribution in [3.05, 3.63) is 94.8 Å². The summed E-state index contributed by atoms with van der Waals surface area (Å²) in [4.78, 5) is 25.6. The van der Waals surface area contributed by atoms with Gasteiger partial charge < -0.3 is 11.5 Å². The van der Waals surface area contributed by atoms with Crippen LogP contribution in [0.1, 0.15) is 17.0 Å². The molecule has 6 nitrogen and oxygen atoms in total. The minimum Gasteiger partial charge on any atom is -0.384 e. The quantitative estimate of drug-likeness (QED) is 0.612. The number of hydrogen-bond acceptors (Lipinski definition) is 5. The van der Waals surface area contributed by atoms with Gasteiger partial charge >= 0.3 is 0 Å². The molecule has 1 atom stereocenters. The van der Waals surface area contributed by atoms with Crippen LogP contribution in [0.5, 0.6) is 0 Å². The Hall–Kier alpha value is -3.31. The van der Waals surface area contributed by atoms with E-state index < -0.39 is 17.4 Å². The Bertz CT molecular complexity index is 1460. The molecule has 0 aliphatic carbocycles. The van der Waals surface area contributed by atoms with Crippen LogP contribution in [0.25, 0.3) is 17.5 Å². The maximum atomic E-state index is 13.1. The molecule has 3 aromatic rings. The third-order valence-corrected chi connectivity index (χ3v) is 6.52. The summed E-state index contributed by atoms with van der Waals surface area (Å²) in [7, 11) is 0. The molecule has 0 spiro atoms. The number of amides is 1. The van der Waals surface area contributed by atoms with E-state index in [1.54, 1.807) is 54.6 Å². The van der Waals surface area contributed by atoms with Gasteiger partial charge in [0.05, 0.1) is 27.7 Å². The first kappa shape index (κ1) is 20.9. The first-order valence-electron chi connectivity index (χ1n) is 9.00. The third kappa shape index (κ3) is 3.66. The second-order valence-electron chi connectivity index (χ2n) is 6.78. The number of thiazole rings is 1. The second kappa shape index (κ2) is 8.08. The molecule has 0 radical (unpaired) electrons. The Balaban J connectivity index is 2.07. The monoisotopic (exact) mass is 468 g/mol. The Kier molecular flexibility index (Phi) is 5.46. The number of allylic oxidation sites excluding steroid dienone is 1. The maximum absolute atomic E-state index is 13.1. The highest BCUT2D eigenvalue weighted by molar-refractivity contribution is 7.07. The summed E-state index contributed by atoms with van der Waals surface area (Å²) in [5.74, 6) is -1.58. The van der Waals surface area contributed by atoms with Gasteiger partial charge in [0.25, 0.3) is 5.56 Å². The fraction of sp³-hybridized carbons (Fsp3) is 0.0455. The van der Waals surface area contributed by atoms with Crippen LogP contribution in [0, 0.1) is 11.3 Å². The largest absolute Gasteiger partial charge is 0.384 e. The van der Waals surface area contributed by atoms with E-state index in [0.717, 1.165) is 16.9 Å². The number of hydrogen-bond donors (Lipinski definition) is 2. The number of benzene rings is 2. The summed E-state index contributed by atoms with van der Waals surface area (Å²) in [5.41, 5.74) is 13.1. The number of carbonyl (C=O) groups is 1. The van der Waals surface area contributed by atoms with Crippen molar-refractivity contribution in [2.75, 3.05) is 0 Å². The number of nitriles is 1. The van der Waals surface area contributed by atoms with Crippen molar-refractivity contribution in [3.63, 3.8) is 0 Å². The van der Waals surface area contributed by atoms with Crippen LogP contribution < -0.4 is 26.2 Å². The molecule has 2 aromatic carbocycles. The molecule has 0 saturated heterocycles. The van der Waals surface area contributed by atoms with Crippen LogP contribution in [0.3, 0.4) is 0 Å². The second-order valence-corrected chi connectivity index (χ2v) is 8.68. The minimum atomic E-state index is -0.804. The highest BCUT2D eigenvalue weighted by Crippen LogP contribution is 2.36. The SMILES string of the molecule is N#CC1=C(N)n2c(s/c(=C\c3ccc(Cl)cc3)c2=O)=C(C(N)=O)[C@@H]1c1ccc(Cl)cc1. The predicted molar refractivity (Wildman–Crippen MR) is 123 cm³/mol. The summed E-state index contributed by atoms with van der Waals surface area (Å²) in [6.45, 7) is 0. The molecule has 154 valence electrons. The summed E-state index contributed by atoms with van der Waals surface area (Å²) in [6.07, 6.45) is 1.67. The normalized spacial score (nSPS) is 16.2. The molecule has 9 heteroatoms. The predicted octanol–water partition coefficient (Wildman–Crippen LogP) is 2.13. The number of fused-ring (bicyclic) bond motifs is 1. The number of aromatic nitrogens is 1. The summed E-state index contributed by atoms with van der Waals surface area (Å²) in [6, 6.07) is 15.7. The Morgan fingerprint density at radius 2 is 1.68 bits per heavy atom. The van der Waals surface area contributed by atoms with Gasteiger partial charge in [0.15, 0.2) is 0 Å². The first-order chi connectivity index (χ1) is 14.8. The number of nitrogens with zero attached hydrogens (tertiary/aromatic N) is 2. The van der Waals surface area contributed by atoms with Crippen LogP contribution in [0.15, 0.2) is 58.9 Å². The molecular formula is C22H14Cl2N4O2S. The van der Waals surface area contributed by atoms with Crippen molar-refractivity contribution in [3.8, 4) is 6.07 Å². The van der Waals surface area contributed by atoms with E-state index in [9.17, 15) is 14.9 Å². The maximum Gasteiger partial charge on any atom is 0.274 e. The van der Waals surface area contributed by atoms with Gasteiger partial charge in [0.1, 0.15) is 10.5 Å². The smallest absolute Gasteiger partial charge is 0.274 e. The number of carbonyl (C=O) groups excluding carboxylic acids is 1. The van der Waals surface area contributed by atoms with Crippen LogP contribution in [0.2, 0.25) is 10.0 Å². The van der Waals surface area contributed by atoms with Crippen molar-refractivity contribution in [1.29, 1.82) is 5.26 Å². The van der Waals surface area contributed by atoms with E-state index in [1.165, 1.54) is 4.57 Å². The summed E-state index contributed by atoms with van der Waals surface area (Å²) in [5, 5.41) is 10.9. The average molecular weight is 469 g/mol. The zero-order valence-electron chi connectivity index (χ0n) is 15.8. The minimum absolute atomic E-state index is 0.0283. The van der Waals surface area contributed by atoms with Gasteiger partial charge in [-0.25, -0.2) is 0 Å². The van der Waals surface area contributed by atoms with Crippen LogP contribution in [0.4, 0.5) is 0 Å². The van der Waals surface area contributed by atoms with Gasteiger partial charge in [-0.05, 0) is 41.5 Å². The van der Waals surface area contributed by atoms with E-state index in [4.69, 9.17) is 34.7 Å². The van der Waals surface area contributed by atoms with Gasteiger partial charge in [-0.15, -0.1) is 11.3 Å². The van der Waals surface area contributed by atoms with E-state index in [-0.39, 0.29) is 17.0 Å². The number of halogens is 2. The van der Waals surface area contributed by atoms with Gasteiger partial charge in [-0.2, -0.15) is 5.26 Å². The lowest BCUT2D eigenvalue weighted by atomic mass is 9.83. The molecule has 0 unspecified atom stereocenters. The zero-order chi connectivity index (χ0) is 22.3. The molecule has 1 amide bonds. The van der Waals surface area contributed by atoms with Crippen LogP contribution in [-0.2, 0) is 4.79 Å². The van der Waals surface area contributed by atoms with Crippen molar-refractivity contribution in [2.24, 2.45) is 11.5 Å². The molecule has 1 aromatic heterocycles. The van der Waals surface area contributed by atoms with Crippen molar-refractivity contribution in [1.82, 2.24) is 4.57 Å². The van der Waals surface area contributed by atoms with E-state index in [2.05, 4.69) is 0 Å². The van der Waals surface area contributed by atoms with Crippen molar-refractivity contribution < 1.29 is 4.79 Å². The van der Waals surface area contributed by atoms with Gasteiger partial charge in [-0.3, -0.25) is 14.2 Å². The fourth-order valence-electron chi connectivity index (χ4n) is 3.49. The third-order valence-electron chi connectivity index (χ3n) is 4.91. The standard InChI is InChI=1S/C22H14Cl2N4O2S/c23-13-5-1-11(2-6-13)9-16-21(30)28-19(26)15(10-25)17(12-3-7-14(24)8-4-12)18(20(27)29)22(28)31-16/h1-9,17H,26H2,(H2,27,29)/b16-9-/t17-/m1/s1. The fourth-order valence-corrected chi connectivity index (χ4v) is 4.92. The molecule has 0 fully saturated rings. The lowest BCUT2D eigenvalue weighted by molar-refractivity contribution is -0.113. The van der Waals surface area contributed by atoms with Crippen molar-refractivity contribution >= 4 is 57.9 Å². The molecule has 4 N–H and O–H groups in total. The highest BCUT2D eigenvalue weighted by atomic mass is 35.5. The molecule has 31 heavy (non-hydrogen) atoms. The Morgan fingerprint density at radius 3 is 2.23 bits per heavy atom. The van der Waals surface area contributed by atoms with Gasteiger partial charge in [0, 0.05) is 10.0 Å². The molecule has 1 aliphatic heterocycles. The van der Waals surface area contributed by atoms with Gasteiger partial charge in [0.2, 0.25) is 5.91 Å². The zero-order valence-corrected chi connectivity index (χ0v) is 18.1. The number of nitrogens with two attached hydrogens (primary N) is 2. The van der Waals surface area contributed by atoms with Crippen LogP contribution >= 0.6 is 34.5 Å². The molecule has 0 bridgehead atoms. The molecule has 1 aliphatic rings. The molecule has 2 heterocycles. The lowest BCUT2D eigenvalue weighted by Crippen LogP contribution is -2.41. The van der Waals surface area contributed by atoms with Gasteiger partial charge in [-0.1, -0.05) is 47.5 Å². The molecular weight excluding hydrogens is 455 g/mol.